The maximum atomic E-state index is 14.5. The molecule has 1 heterocycles. The zero-order valence-electron chi connectivity index (χ0n) is 24.6. The predicted octanol–water partition coefficient (Wildman–Crippen LogP) is 4.18. The highest BCUT2D eigenvalue weighted by atomic mass is 16.5. The Morgan fingerprint density at radius 2 is 1.71 bits per heavy atom. The summed E-state index contributed by atoms with van der Waals surface area (Å²) in [4.78, 5) is 30.1. The van der Waals surface area contributed by atoms with Crippen LogP contribution in [-0.2, 0) is 9.59 Å². The normalized spacial score (nSPS) is 42.1. The molecular weight excluding hydrogens is 528 g/mol. The molecule has 7 aliphatic carbocycles. The lowest BCUT2D eigenvalue weighted by atomic mass is 9.49. The van der Waals surface area contributed by atoms with Gasteiger partial charge in [0.2, 0.25) is 11.8 Å². The van der Waals surface area contributed by atoms with E-state index in [-0.39, 0.29) is 30.4 Å². The molecule has 0 aromatic heterocycles. The fourth-order valence-electron chi connectivity index (χ4n) is 11.4. The van der Waals surface area contributed by atoms with E-state index in [1.54, 1.807) is 0 Å². The van der Waals surface area contributed by atoms with E-state index in [9.17, 15) is 19.8 Å². The molecule has 8 aliphatic rings. The van der Waals surface area contributed by atoms with Crippen LogP contribution in [0.1, 0.15) is 82.1 Å². The van der Waals surface area contributed by atoms with E-state index in [1.165, 1.54) is 57.8 Å². The van der Waals surface area contributed by atoms with Crippen molar-refractivity contribution in [3.63, 3.8) is 0 Å². The second-order valence-electron chi connectivity index (χ2n) is 15.3. The Morgan fingerprint density at radius 1 is 0.976 bits per heavy atom. The molecule has 7 unspecified atom stereocenters. The fraction of sp³-hybridized carbons (Fsp3) is 0.714. The zero-order chi connectivity index (χ0) is 28.6. The Bertz CT molecular complexity index is 1240. The molecule has 2 amide bonds. The zero-order valence-corrected chi connectivity index (χ0v) is 24.6. The van der Waals surface area contributed by atoms with Crippen LogP contribution in [0, 0.1) is 40.9 Å². The van der Waals surface area contributed by atoms with Crippen LogP contribution in [0.2, 0.25) is 0 Å². The molecule has 7 heteroatoms. The second kappa shape index (κ2) is 10.4. The van der Waals surface area contributed by atoms with E-state index in [1.807, 2.05) is 35.2 Å². The number of aliphatic hydroxyl groups excluding tert-OH is 2. The maximum Gasteiger partial charge on any atom is 0.247 e. The molecule has 0 radical (unpaired) electrons. The van der Waals surface area contributed by atoms with Crippen LogP contribution in [0.15, 0.2) is 35.9 Å². The smallest absolute Gasteiger partial charge is 0.247 e. The van der Waals surface area contributed by atoms with E-state index >= 15 is 0 Å². The molecule has 0 spiro atoms. The summed E-state index contributed by atoms with van der Waals surface area (Å²) in [7, 11) is 0. The van der Waals surface area contributed by atoms with E-state index < -0.39 is 24.2 Å². The summed E-state index contributed by atoms with van der Waals surface area (Å²) in [6.45, 7) is 0.681. The molecule has 6 bridgehead atoms. The van der Waals surface area contributed by atoms with Crippen LogP contribution in [-0.4, -0.2) is 64.9 Å². The maximum absolute atomic E-state index is 14.5. The molecule has 7 nitrogen and oxygen atoms in total. The number of hydrogen-bond donors (Lipinski definition) is 3. The molecular formula is C35H46N2O5. The van der Waals surface area contributed by atoms with Crippen molar-refractivity contribution in [3.05, 3.63) is 41.5 Å². The number of nitrogens with one attached hydrogen (secondary N) is 1. The van der Waals surface area contributed by atoms with Crippen LogP contribution in [0.3, 0.4) is 0 Å². The highest BCUT2D eigenvalue weighted by molar-refractivity contribution is 5.96. The molecule has 6 fully saturated rings. The number of amides is 2. The number of hydrogen-bond acceptors (Lipinski definition) is 5. The van der Waals surface area contributed by atoms with Gasteiger partial charge in [-0.15, -0.1) is 0 Å². The van der Waals surface area contributed by atoms with Crippen LogP contribution in [0.5, 0.6) is 5.75 Å². The highest BCUT2D eigenvalue weighted by Crippen LogP contribution is 2.61. The van der Waals surface area contributed by atoms with Crippen molar-refractivity contribution in [2.75, 3.05) is 19.7 Å². The quantitative estimate of drug-likeness (QED) is 0.433. The van der Waals surface area contributed by atoms with Crippen molar-refractivity contribution >= 4 is 11.8 Å². The fourth-order valence-corrected chi connectivity index (χ4v) is 11.4. The topological polar surface area (TPSA) is 99.1 Å². The Kier molecular flexibility index (Phi) is 6.71. The van der Waals surface area contributed by atoms with Gasteiger partial charge in [0.25, 0.3) is 0 Å². The molecule has 9 rings (SSSR count). The van der Waals surface area contributed by atoms with Crippen LogP contribution >= 0.6 is 0 Å². The third-order valence-electron chi connectivity index (χ3n) is 12.5. The molecule has 0 saturated heterocycles. The third-order valence-corrected chi connectivity index (χ3v) is 12.5. The Hall–Kier alpha value is -2.38. The van der Waals surface area contributed by atoms with Gasteiger partial charge in [0, 0.05) is 30.6 Å². The monoisotopic (exact) mass is 574 g/mol. The van der Waals surface area contributed by atoms with Gasteiger partial charge in [-0.2, -0.15) is 0 Å². The summed E-state index contributed by atoms with van der Waals surface area (Å²) in [6, 6.07) is 7.09. The number of nitrogens with zero attached hydrogens (tertiary/aromatic N) is 1. The van der Waals surface area contributed by atoms with Crippen LogP contribution in [0.4, 0.5) is 0 Å². The first kappa shape index (κ1) is 27.2. The molecule has 3 N–H and O–H groups in total. The predicted molar refractivity (Wildman–Crippen MR) is 157 cm³/mol. The van der Waals surface area contributed by atoms with Crippen molar-refractivity contribution in [3.8, 4) is 5.75 Å². The lowest BCUT2D eigenvalue weighted by Crippen LogP contribution is -2.60. The first-order valence-electron chi connectivity index (χ1n) is 16.7. The van der Waals surface area contributed by atoms with Gasteiger partial charge in [0.15, 0.2) is 0 Å². The summed E-state index contributed by atoms with van der Waals surface area (Å²) >= 11 is 0. The van der Waals surface area contributed by atoms with Gasteiger partial charge in [0.05, 0.1) is 18.6 Å². The summed E-state index contributed by atoms with van der Waals surface area (Å²) in [5, 5.41) is 24.3. The largest absolute Gasteiger partial charge is 0.486 e. The first-order valence-corrected chi connectivity index (χ1v) is 16.7. The molecule has 1 aromatic carbocycles. The van der Waals surface area contributed by atoms with Crippen molar-refractivity contribution in [1.29, 1.82) is 0 Å². The van der Waals surface area contributed by atoms with E-state index in [0.29, 0.717) is 36.1 Å². The number of carbonyl (C=O) groups excluding carboxylic acids is 2. The summed E-state index contributed by atoms with van der Waals surface area (Å²) < 4.78 is 6.38. The van der Waals surface area contributed by atoms with E-state index in [2.05, 4.69) is 5.32 Å². The van der Waals surface area contributed by atoms with Crippen molar-refractivity contribution in [1.82, 2.24) is 10.2 Å². The Morgan fingerprint density at radius 3 is 2.38 bits per heavy atom. The number of fused-ring (bicyclic) bond motifs is 5. The van der Waals surface area contributed by atoms with Gasteiger partial charge >= 0.3 is 0 Å². The number of benzene rings is 1. The van der Waals surface area contributed by atoms with Crippen molar-refractivity contribution < 1.29 is 24.5 Å². The first-order chi connectivity index (χ1) is 20.4. The Balaban J connectivity index is 1.15. The van der Waals surface area contributed by atoms with Gasteiger partial charge < -0.3 is 25.2 Å². The highest BCUT2D eigenvalue weighted by Gasteiger charge is 2.55. The van der Waals surface area contributed by atoms with Gasteiger partial charge in [-0.1, -0.05) is 24.6 Å². The number of aliphatic hydroxyl groups is 2. The molecule has 42 heavy (non-hydrogen) atoms. The van der Waals surface area contributed by atoms with Gasteiger partial charge in [-0.05, 0) is 111 Å². The molecule has 226 valence electrons. The van der Waals surface area contributed by atoms with Gasteiger partial charge in [0.1, 0.15) is 18.0 Å². The van der Waals surface area contributed by atoms with Gasteiger partial charge in [-0.3, -0.25) is 9.59 Å². The minimum Gasteiger partial charge on any atom is -0.486 e. The summed E-state index contributed by atoms with van der Waals surface area (Å²) in [5.41, 5.74) is 1.55. The summed E-state index contributed by atoms with van der Waals surface area (Å²) in [5.74, 6) is 4.34. The molecule has 1 aliphatic heterocycles. The minimum absolute atomic E-state index is 0.113. The second-order valence-corrected chi connectivity index (χ2v) is 15.3. The lowest BCUT2D eigenvalue weighted by Gasteiger charge is -2.58. The molecule has 7 atom stereocenters. The average Bonchev–Trinajstić information content (AvgIpc) is 3.69. The Labute approximate surface area is 249 Å². The van der Waals surface area contributed by atoms with Crippen molar-refractivity contribution in [2.45, 2.75) is 94.8 Å². The van der Waals surface area contributed by atoms with Crippen LogP contribution < -0.4 is 10.1 Å². The lowest BCUT2D eigenvalue weighted by molar-refractivity contribution is -0.146. The minimum atomic E-state index is -0.935. The average molecular weight is 575 g/mol. The summed E-state index contributed by atoms with van der Waals surface area (Å²) in [6.07, 6.45) is 13.4. The number of carbonyl (C=O) groups is 2. The molecule has 1 aromatic rings. The standard InChI is InChI=1S/C35H46N2O5/c38-8-7-36-34(41)27-15-28(32(40)33-31(27)26-3-1-2-4-29(26)42-33)37(30(39)14-25-13-20-5-6-24(25)12-20)19-35-16-21-9-22(17-35)11-23(10-21)18-35/h1-4,15,20-25,28,31-33,38,40H,5-14,16-19H2,(H,36,41). The van der Waals surface area contributed by atoms with Crippen LogP contribution in [0.25, 0.3) is 0 Å². The van der Waals surface area contributed by atoms with Gasteiger partial charge in [-0.25, -0.2) is 0 Å². The molecule has 6 saturated carbocycles. The number of ether oxygens (including phenoxy) is 1. The van der Waals surface area contributed by atoms with E-state index in [4.69, 9.17) is 4.74 Å². The third kappa shape index (κ3) is 4.52. The number of rotatable bonds is 8. The number of para-hydroxylation sites is 1. The van der Waals surface area contributed by atoms with E-state index in [0.717, 1.165) is 35.7 Å². The van der Waals surface area contributed by atoms with Crippen molar-refractivity contribution in [2.24, 2.45) is 40.9 Å². The SMILES string of the molecule is O=C(NCCO)C1=CC(N(CC23CC4CC(CC(C4)C2)C3)C(=O)CC2CC3CCC2C3)C(O)C2Oc3ccccc3C12.